The topological polar surface area (TPSA) is 26.3 Å². The molecule has 5 rings (SSSR count). The summed E-state index contributed by atoms with van der Waals surface area (Å²) < 4.78 is 7.61. The third-order valence-corrected chi connectivity index (χ3v) is 15.8. The predicted molar refractivity (Wildman–Crippen MR) is 164 cm³/mol. The number of ketones is 1. The smallest absolute Gasteiger partial charge is 0.261 e. The molecule has 3 aliphatic rings. The number of hydrogen-bond donors (Lipinski definition) is 0. The lowest BCUT2D eigenvalue weighted by Crippen LogP contribution is -2.67. The quantitative estimate of drug-likeness (QED) is 0.219. The number of carbonyl (C=O) groups excluding carboxylic acids is 1. The lowest BCUT2D eigenvalue weighted by atomic mass is 9.49. The SMILES string of the molecule is C#CC[C@]12CC=CC[C@H]1[C@@]1(CCCC(C)(C)[C@H]1CO[Si](c1ccccc1)(c1ccccc1)C(C)(C)C)CC2=O. The molecule has 2 saturated carbocycles. The van der Waals surface area contributed by atoms with E-state index >= 15 is 0 Å². The molecule has 0 aliphatic heterocycles. The Balaban J connectivity index is 1.62. The van der Waals surface area contributed by atoms with Gasteiger partial charge in [0.25, 0.3) is 8.32 Å². The molecule has 39 heavy (non-hydrogen) atoms. The highest BCUT2D eigenvalue weighted by Crippen LogP contribution is 2.68. The van der Waals surface area contributed by atoms with Crippen LogP contribution >= 0.6 is 0 Å². The molecule has 0 amide bonds. The van der Waals surface area contributed by atoms with Gasteiger partial charge in [0.05, 0.1) is 0 Å². The largest absolute Gasteiger partial charge is 0.407 e. The summed E-state index contributed by atoms with van der Waals surface area (Å²) >= 11 is 0. The number of Topliss-reactive ketones (excluding diaryl/α,β-unsaturated/α-hetero) is 1. The maximum atomic E-state index is 14.0. The van der Waals surface area contributed by atoms with Crippen molar-refractivity contribution in [2.45, 2.75) is 84.6 Å². The minimum absolute atomic E-state index is 0.0636. The van der Waals surface area contributed by atoms with Crippen molar-refractivity contribution in [3.05, 3.63) is 72.8 Å². The lowest BCUT2D eigenvalue weighted by Gasteiger charge is -2.56. The molecule has 3 aliphatic carbocycles. The second-order valence-electron chi connectivity index (χ2n) is 14.2. The summed E-state index contributed by atoms with van der Waals surface area (Å²) in [4.78, 5) is 14.0. The third kappa shape index (κ3) is 4.39. The van der Waals surface area contributed by atoms with Crippen molar-refractivity contribution in [3.8, 4) is 12.3 Å². The number of terminal acetylenes is 1. The second-order valence-corrected chi connectivity index (χ2v) is 18.5. The van der Waals surface area contributed by atoms with Crippen molar-refractivity contribution < 1.29 is 9.22 Å². The summed E-state index contributed by atoms with van der Waals surface area (Å²) in [5, 5.41) is 2.56. The fourth-order valence-electron chi connectivity index (χ4n) is 9.05. The molecule has 0 radical (unpaired) electrons. The highest BCUT2D eigenvalue weighted by Gasteiger charge is 2.66. The van der Waals surface area contributed by atoms with Gasteiger partial charge in [-0.15, -0.1) is 12.3 Å². The van der Waals surface area contributed by atoms with Crippen LogP contribution in [0.1, 0.15) is 79.6 Å². The Bertz CT molecular complexity index is 1210. The van der Waals surface area contributed by atoms with Gasteiger partial charge in [-0.1, -0.05) is 114 Å². The van der Waals surface area contributed by atoms with E-state index in [1.54, 1.807) is 0 Å². The van der Waals surface area contributed by atoms with Gasteiger partial charge in [0.15, 0.2) is 0 Å². The van der Waals surface area contributed by atoms with Gasteiger partial charge >= 0.3 is 0 Å². The molecule has 206 valence electrons. The Kier molecular flexibility index (Phi) is 7.36. The van der Waals surface area contributed by atoms with Crippen molar-refractivity contribution in [2.24, 2.45) is 28.1 Å². The fourth-order valence-corrected chi connectivity index (χ4v) is 13.6. The van der Waals surface area contributed by atoms with Crippen LogP contribution in [0.25, 0.3) is 0 Å². The van der Waals surface area contributed by atoms with E-state index in [4.69, 9.17) is 10.8 Å². The van der Waals surface area contributed by atoms with Crippen molar-refractivity contribution in [1.29, 1.82) is 0 Å². The number of allylic oxidation sites excluding steroid dienone is 2. The van der Waals surface area contributed by atoms with E-state index in [0.717, 1.165) is 19.3 Å². The minimum atomic E-state index is -2.69. The Morgan fingerprint density at radius 2 is 1.59 bits per heavy atom. The van der Waals surface area contributed by atoms with E-state index in [1.165, 1.54) is 23.2 Å². The standard InChI is InChI=1S/C36H46O2Si/c1-7-22-35-24-15-14-21-30(35)36(26-32(35)37)25-16-23-34(5,6)31(36)27-38-39(33(2,3)4,28-17-10-8-11-18-28)29-19-12-9-13-20-29/h1,8-15,17-20,30-31H,16,21-27H2,2-6H3/t30-,31-,35+,36-/m1/s1. The summed E-state index contributed by atoms with van der Waals surface area (Å²) in [5.74, 6) is 3.92. The molecule has 0 unspecified atom stereocenters. The van der Waals surface area contributed by atoms with Crippen molar-refractivity contribution >= 4 is 24.5 Å². The van der Waals surface area contributed by atoms with Crippen molar-refractivity contribution in [3.63, 3.8) is 0 Å². The summed E-state index contributed by atoms with van der Waals surface area (Å²) in [6.45, 7) is 12.6. The molecule has 3 heteroatoms. The van der Waals surface area contributed by atoms with Gasteiger partial charge in [-0.05, 0) is 63.8 Å². The zero-order chi connectivity index (χ0) is 27.9. The summed E-state index contributed by atoms with van der Waals surface area (Å²) in [6.07, 6.45) is 16.9. The molecular formula is C36H46O2Si. The predicted octanol–water partition coefficient (Wildman–Crippen LogP) is 7.32. The van der Waals surface area contributed by atoms with E-state index < -0.39 is 13.7 Å². The van der Waals surface area contributed by atoms with Crippen LogP contribution in [-0.4, -0.2) is 20.7 Å². The van der Waals surface area contributed by atoms with Crippen LogP contribution in [0.2, 0.25) is 5.04 Å². The zero-order valence-corrected chi connectivity index (χ0v) is 25.6. The Morgan fingerprint density at radius 3 is 2.15 bits per heavy atom. The Hall–Kier alpha value is -2.41. The molecule has 4 atom stereocenters. The number of rotatable bonds is 6. The van der Waals surface area contributed by atoms with Crippen LogP contribution in [0.15, 0.2) is 72.8 Å². The average Bonchev–Trinajstić information content (AvgIpc) is 3.14. The maximum absolute atomic E-state index is 14.0. The van der Waals surface area contributed by atoms with E-state index in [-0.39, 0.29) is 15.9 Å². The van der Waals surface area contributed by atoms with Gasteiger partial charge in [-0.25, -0.2) is 0 Å². The molecule has 0 heterocycles. The second kappa shape index (κ2) is 10.2. The van der Waals surface area contributed by atoms with Gasteiger partial charge in [-0.3, -0.25) is 4.79 Å². The normalized spacial score (nSPS) is 30.2. The highest BCUT2D eigenvalue weighted by molar-refractivity contribution is 6.99. The number of fused-ring (bicyclic) bond motifs is 2. The molecule has 0 aromatic heterocycles. The van der Waals surface area contributed by atoms with E-state index in [2.05, 4.69) is 113 Å². The van der Waals surface area contributed by atoms with Gasteiger partial charge < -0.3 is 4.43 Å². The van der Waals surface area contributed by atoms with Crippen LogP contribution in [0.5, 0.6) is 0 Å². The average molecular weight is 539 g/mol. The van der Waals surface area contributed by atoms with Gasteiger partial charge in [0.2, 0.25) is 0 Å². The molecular weight excluding hydrogens is 492 g/mol. The minimum Gasteiger partial charge on any atom is -0.407 e. The van der Waals surface area contributed by atoms with Crippen LogP contribution in [0.3, 0.4) is 0 Å². The van der Waals surface area contributed by atoms with Crippen molar-refractivity contribution in [1.82, 2.24) is 0 Å². The lowest BCUT2D eigenvalue weighted by molar-refractivity contribution is -0.127. The first kappa shape index (κ1) is 28.1. The first-order valence-electron chi connectivity index (χ1n) is 14.9. The molecule has 1 spiro atoms. The molecule has 0 saturated heterocycles. The van der Waals surface area contributed by atoms with Crippen molar-refractivity contribution in [2.75, 3.05) is 6.61 Å². The summed E-state index contributed by atoms with van der Waals surface area (Å²) in [7, 11) is -2.69. The Labute approximate surface area is 237 Å². The monoisotopic (exact) mass is 538 g/mol. The van der Waals surface area contributed by atoms with E-state index in [0.29, 0.717) is 37.1 Å². The summed E-state index contributed by atoms with van der Waals surface area (Å²) in [5.41, 5.74) is -0.379. The fraction of sp³-hybridized carbons (Fsp3) is 0.528. The van der Waals surface area contributed by atoms with E-state index in [1.807, 2.05) is 0 Å². The van der Waals surface area contributed by atoms with E-state index in [9.17, 15) is 4.79 Å². The van der Waals surface area contributed by atoms with Gasteiger partial charge in [0.1, 0.15) is 5.78 Å². The molecule has 0 N–H and O–H groups in total. The maximum Gasteiger partial charge on any atom is 0.261 e. The molecule has 2 aromatic rings. The van der Waals surface area contributed by atoms with Gasteiger partial charge in [0, 0.05) is 24.9 Å². The van der Waals surface area contributed by atoms with Crippen LogP contribution < -0.4 is 10.4 Å². The molecule has 2 nitrogen and oxygen atoms in total. The first-order valence-corrected chi connectivity index (χ1v) is 16.8. The van der Waals surface area contributed by atoms with Crippen LogP contribution in [-0.2, 0) is 9.22 Å². The molecule has 0 bridgehead atoms. The number of benzene rings is 2. The first-order chi connectivity index (χ1) is 18.5. The molecule has 2 fully saturated rings. The van der Waals surface area contributed by atoms with Gasteiger partial charge in [-0.2, -0.15) is 0 Å². The Morgan fingerprint density at radius 1 is 0.974 bits per heavy atom. The number of carbonyl (C=O) groups is 1. The highest BCUT2D eigenvalue weighted by atomic mass is 28.4. The van der Waals surface area contributed by atoms with Crippen LogP contribution in [0, 0.1) is 40.4 Å². The van der Waals surface area contributed by atoms with Crippen LogP contribution in [0.4, 0.5) is 0 Å². The molecule has 2 aromatic carbocycles. The summed E-state index contributed by atoms with van der Waals surface area (Å²) in [6, 6.07) is 21.9. The third-order valence-electron chi connectivity index (χ3n) is 10.8. The zero-order valence-electron chi connectivity index (χ0n) is 24.6. The number of hydrogen-bond acceptors (Lipinski definition) is 2.